The van der Waals surface area contributed by atoms with Crippen molar-refractivity contribution in [3.63, 3.8) is 0 Å². The van der Waals surface area contributed by atoms with Crippen molar-refractivity contribution in [3.05, 3.63) is 80.6 Å². The van der Waals surface area contributed by atoms with Crippen LogP contribution >= 0.6 is 27.5 Å². The molecule has 0 spiro atoms. The van der Waals surface area contributed by atoms with Gasteiger partial charge in [0, 0.05) is 73.7 Å². The van der Waals surface area contributed by atoms with Crippen LogP contribution in [0.1, 0.15) is 53.4 Å². The highest BCUT2D eigenvalue weighted by molar-refractivity contribution is 9.10. The number of pyridine rings is 1. The highest BCUT2D eigenvalue weighted by Gasteiger charge is 2.40. The van der Waals surface area contributed by atoms with Crippen LogP contribution < -0.4 is 10.6 Å². The molecule has 1 aliphatic carbocycles. The van der Waals surface area contributed by atoms with E-state index >= 15 is 0 Å². The summed E-state index contributed by atoms with van der Waals surface area (Å²) in [7, 11) is 1.95. The van der Waals surface area contributed by atoms with Crippen LogP contribution in [0.25, 0.3) is 0 Å². The zero-order valence-corrected chi connectivity index (χ0v) is 26.9. The molecule has 43 heavy (non-hydrogen) atoms. The van der Waals surface area contributed by atoms with Crippen LogP contribution in [0.3, 0.4) is 0 Å². The van der Waals surface area contributed by atoms with Gasteiger partial charge in [0.15, 0.2) is 0 Å². The fraction of sp³-hybridized carbons (Fsp3) is 0.500. The molecular weight excluding hydrogens is 630 g/mol. The van der Waals surface area contributed by atoms with E-state index < -0.39 is 6.04 Å². The summed E-state index contributed by atoms with van der Waals surface area (Å²) < 4.78 is 2.91. The van der Waals surface area contributed by atoms with E-state index in [9.17, 15) is 9.59 Å². The number of hydrogen-bond acceptors (Lipinski definition) is 6. The van der Waals surface area contributed by atoms with Crippen LogP contribution in [-0.4, -0.2) is 81.5 Å². The number of nitrogens with one attached hydrogen (secondary N) is 2. The van der Waals surface area contributed by atoms with E-state index in [2.05, 4.69) is 54.6 Å². The molecule has 2 aromatic heterocycles. The second-order valence-corrected chi connectivity index (χ2v) is 13.3. The summed E-state index contributed by atoms with van der Waals surface area (Å²) in [5, 5.41) is 7.25. The van der Waals surface area contributed by atoms with Crippen molar-refractivity contribution in [1.82, 2.24) is 35.0 Å². The molecule has 2 aliphatic heterocycles. The van der Waals surface area contributed by atoms with Gasteiger partial charge in [-0.05, 0) is 95.5 Å². The van der Waals surface area contributed by atoms with E-state index in [1.807, 2.05) is 35.0 Å². The Morgan fingerprint density at radius 1 is 1.12 bits per heavy atom. The average molecular weight is 669 g/mol. The standard InChI is InChI=1S/C32H39BrClN7O2/c1-39-20-36-18-26(39)8-11-37-32(43)28-19-40(12-13-41(28)29(42)14-21-6-9-35-10-7-21)31-27-5-4-25(34)16-22(27)2-3-23-15-24(33)17-38-30(23)31/h4-5,15-18,20-21,28,31,35H,2-3,6-14,19H2,1H3,(H,37,43)/t28-,31?/m1/s1. The molecule has 0 bridgehead atoms. The summed E-state index contributed by atoms with van der Waals surface area (Å²) in [6.07, 6.45) is 10.3. The molecule has 1 unspecified atom stereocenters. The first-order chi connectivity index (χ1) is 20.9. The molecular formula is C32H39BrClN7O2. The Balaban J connectivity index is 1.28. The number of aromatic nitrogens is 3. The van der Waals surface area contributed by atoms with Gasteiger partial charge in [0.05, 0.1) is 18.1 Å². The molecule has 1 aromatic carbocycles. The molecule has 2 atom stereocenters. The van der Waals surface area contributed by atoms with Crippen molar-refractivity contribution in [2.75, 3.05) is 39.3 Å². The Bertz CT molecular complexity index is 1420. The Labute approximate surface area is 266 Å². The lowest BCUT2D eigenvalue weighted by molar-refractivity contribution is -0.145. The van der Waals surface area contributed by atoms with E-state index in [-0.39, 0.29) is 17.9 Å². The zero-order chi connectivity index (χ0) is 29.9. The SMILES string of the molecule is Cn1cncc1CCNC(=O)[C@H]1CN(C2c3ccc(Cl)cc3CCc3cc(Br)cnc32)CCN1C(=O)CC1CCNCC1. The van der Waals surface area contributed by atoms with E-state index in [4.69, 9.17) is 16.6 Å². The Hall–Kier alpha value is -2.79. The summed E-state index contributed by atoms with van der Waals surface area (Å²) in [4.78, 5) is 41.0. The molecule has 228 valence electrons. The minimum Gasteiger partial charge on any atom is -0.354 e. The third kappa shape index (κ3) is 6.82. The largest absolute Gasteiger partial charge is 0.354 e. The molecule has 0 saturated carbocycles. The van der Waals surface area contributed by atoms with Gasteiger partial charge in [0.25, 0.3) is 0 Å². The van der Waals surface area contributed by atoms with Crippen LogP contribution in [0.15, 0.2) is 47.5 Å². The van der Waals surface area contributed by atoms with Crippen molar-refractivity contribution in [1.29, 1.82) is 0 Å². The maximum absolute atomic E-state index is 13.9. The van der Waals surface area contributed by atoms with Crippen LogP contribution in [0.2, 0.25) is 5.02 Å². The lowest BCUT2D eigenvalue weighted by atomic mass is 9.92. The first-order valence-electron chi connectivity index (χ1n) is 15.3. The molecule has 2 saturated heterocycles. The minimum atomic E-state index is -0.590. The first kappa shape index (κ1) is 30.2. The van der Waals surface area contributed by atoms with Gasteiger partial charge in [0.1, 0.15) is 6.04 Å². The number of aryl methyl sites for hydroxylation is 3. The van der Waals surface area contributed by atoms with Crippen molar-refractivity contribution in [2.24, 2.45) is 13.0 Å². The van der Waals surface area contributed by atoms with Gasteiger partial charge in [0.2, 0.25) is 11.8 Å². The van der Waals surface area contributed by atoms with Gasteiger partial charge >= 0.3 is 0 Å². The second-order valence-electron chi connectivity index (χ2n) is 12.0. The van der Waals surface area contributed by atoms with Crippen LogP contribution in [0, 0.1) is 5.92 Å². The Kier molecular flexibility index (Phi) is 9.47. The summed E-state index contributed by atoms with van der Waals surface area (Å²) in [6, 6.07) is 7.55. The molecule has 0 radical (unpaired) electrons. The number of fused-ring (bicyclic) bond motifs is 2. The van der Waals surface area contributed by atoms with Crippen LogP contribution in [0.4, 0.5) is 0 Å². The summed E-state index contributed by atoms with van der Waals surface area (Å²) in [5.74, 6) is 0.321. The van der Waals surface area contributed by atoms with Gasteiger partial charge in [-0.15, -0.1) is 0 Å². The first-order valence-corrected chi connectivity index (χ1v) is 16.4. The van der Waals surface area contributed by atoms with Gasteiger partial charge < -0.3 is 20.1 Å². The van der Waals surface area contributed by atoms with E-state index in [0.29, 0.717) is 44.9 Å². The molecule has 2 N–H and O–H groups in total. The predicted octanol–water partition coefficient (Wildman–Crippen LogP) is 3.68. The van der Waals surface area contributed by atoms with Crippen molar-refractivity contribution < 1.29 is 9.59 Å². The zero-order valence-electron chi connectivity index (χ0n) is 24.6. The number of piperazine rings is 1. The number of amides is 2. The maximum atomic E-state index is 13.9. The van der Waals surface area contributed by atoms with Gasteiger partial charge in [-0.2, -0.15) is 0 Å². The molecule has 6 rings (SSSR count). The third-order valence-corrected chi connectivity index (χ3v) is 9.88. The van der Waals surface area contributed by atoms with E-state index in [0.717, 1.165) is 59.7 Å². The second kappa shape index (κ2) is 13.5. The van der Waals surface area contributed by atoms with Crippen LogP contribution in [0.5, 0.6) is 0 Å². The molecule has 2 amide bonds. The van der Waals surface area contributed by atoms with E-state index in [1.165, 1.54) is 16.7 Å². The number of benzene rings is 1. The highest BCUT2D eigenvalue weighted by atomic mass is 79.9. The molecule has 11 heteroatoms. The number of halogens is 2. The lowest BCUT2D eigenvalue weighted by Gasteiger charge is -2.44. The lowest BCUT2D eigenvalue weighted by Crippen LogP contribution is -2.61. The van der Waals surface area contributed by atoms with Crippen molar-refractivity contribution >= 4 is 39.3 Å². The van der Waals surface area contributed by atoms with Gasteiger partial charge in [-0.3, -0.25) is 19.5 Å². The topological polar surface area (TPSA) is 95.4 Å². The third-order valence-electron chi connectivity index (χ3n) is 9.21. The molecule has 9 nitrogen and oxygen atoms in total. The summed E-state index contributed by atoms with van der Waals surface area (Å²) in [6.45, 7) is 3.94. The maximum Gasteiger partial charge on any atom is 0.244 e. The number of imidazole rings is 1. The van der Waals surface area contributed by atoms with Gasteiger partial charge in [-0.1, -0.05) is 17.7 Å². The quantitative estimate of drug-likeness (QED) is 0.399. The van der Waals surface area contributed by atoms with Gasteiger partial charge in [-0.25, -0.2) is 4.98 Å². The fourth-order valence-corrected chi connectivity index (χ4v) is 7.42. The smallest absolute Gasteiger partial charge is 0.244 e. The molecule has 4 heterocycles. The highest BCUT2D eigenvalue weighted by Crippen LogP contribution is 2.38. The number of nitrogens with zero attached hydrogens (tertiary/aromatic N) is 5. The van der Waals surface area contributed by atoms with Crippen molar-refractivity contribution in [3.8, 4) is 0 Å². The van der Waals surface area contributed by atoms with Crippen molar-refractivity contribution in [2.45, 2.75) is 50.6 Å². The minimum absolute atomic E-state index is 0.0776. The molecule has 2 fully saturated rings. The molecule has 3 aliphatic rings. The number of carbonyl (C=O) groups excluding carboxylic acids is 2. The predicted molar refractivity (Wildman–Crippen MR) is 170 cm³/mol. The number of carbonyl (C=O) groups is 2. The van der Waals surface area contributed by atoms with E-state index in [1.54, 1.807) is 6.33 Å². The number of hydrogen-bond donors (Lipinski definition) is 2. The number of rotatable bonds is 7. The Morgan fingerprint density at radius 3 is 2.72 bits per heavy atom. The number of piperidine rings is 1. The molecule has 3 aromatic rings. The normalized spacial score (nSPS) is 21.1. The van der Waals surface area contributed by atoms with Crippen LogP contribution in [-0.2, 0) is 35.9 Å². The average Bonchev–Trinajstić information content (AvgIpc) is 3.35. The monoisotopic (exact) mass is 667 g/mol. The fourth-order valence-electron chi connectivity index (χ4n) is 6.85. The summed E-state index contributed by atoms with van der Waals surface area (Å²) in [5.41, 5.74) is 5.62. The summed E-state index contributed by atoms with van der Waals surface area (Å²) >= 11 is 10.1. The Morgan fingerprint density at radius 2 is 1.93 bits per heavy atom.